The van der Waals surface area contributed by atoms with Crippen LogP contribution in [0.15, 0.2) is 28.8 Å². The van der Waals surface area contributed by atoms with Crippen molar-refractivity contribution in [3.8, 4) is 5.75 Å². The minimum absolute atomic E-state index is 0.0938. The normalized spacial score (nSPS) is 15.0. The molecule has 2 aromatic rings. The van der Waals surface area contributed by atoms with Gasteiger partial charge in [0.25, 0.3) is 0 Å². The summed E-state index contributed by atoms with van der Waals surface area (Å²) in [6.45, 7) is 6.41. The number of benzene rings is 1. The Hall–Kier alpha value is -2.50. The van der Waals surface area contributed by atoms with Crippen molar-refractivity contribution in [1.29, 1.82) is 0 Å². The number of rotatable bonds is 3. The number of aromatic nitrogens is 1. The number of anilines is 1. The summed E-state index contributed by atoms with van der Waals surface area (Å²) in [5, 5.41) is 13.8. The number of hydrogen-bond acceptors (Lipinski definition) is 5. The minimum atomic E-state index is 0.0938. The van der Waals surface area contributed by atoms with Gasteiger partial charge in [0.15, 0.2) is 0 Å². The third-order valence-corrected chi connectivity index (χ3v) is 4.36. The van der Waals surface area contributed by atoms with E-state index in [2.05, 4.69) is 10.1 Å². The van der Waals surface area contributed by atoms with Crippen LogP contribution in [0.5, 0.6) is 5.75 Å². The lowest BCUT2D eigenvalue weighted by Gasteiger charge is -2.36. The topological polar surface area (TPSA) is 69.8 Å². The molecule has 6 nitrogen and oxygen atoms in total. The van der Waals surface area contributed by atoms with Gasteiger partial charge in [-0.3, -0.25) is 4.79 Å². The highest BCUT2D eigenvalue weighted by atomic mass is 16.5. The first-order chi connectivity index (χ1) is 11.1. The Morgan fingerprint density at radius 2 is 1.91 bits per heavy atom. The van der Waals surface area contributed by atoms with E-state index in [0.717, 1.165) is 16.9 Å². The van der Waals surface area contributed by atoms with Crippen LogP contribution in [0.1, 0.15) is 17.0 Å². The molecule has 1 aromatic heterocycles. The lowest BCUT2D eigenvalue weighted by molar-refractivity contribution is -0.130. The fourth-order valence-corrected chi connectivity index (χ4v) is 2.95. The number of carbonyl (C=O) groups excluding carboxylic acids is 1. The first-order valence-electron chi connectivity index (χ1n) is 7.78. The number of phenolic OH excluding ortho intramolecular Hbond substituents is 1. The minimum Gasteiger partial charge on any atom is -0.506 e. The predicted molar refractivity (Wildman–Crippen MR) is 86.6 cm³/mol. The molecule has 0 spiro atoms. The molecular formula is C17H21N3O3. The van der Waals surface area contributed by atoms with Crippen LogP contribution in [0.2, 0.25) is 0 Å². The van der Waals surface area contributed by atoms with Crippen molar-refractivity contribution in [3.63, 3.8) is 0 Å². The molecular weight excluding hydrogens is 294 g/mol. The molecule has 6 heteroatoms. The molecule has 1 amide bonds. The summed E-state index contributed by atoms with van der Waals surface area (Å²) in [6, 6.07) is 7.30. The molecule has 0 saturated carbocycles. The van der Waals surface area contributed by atoms with E-state index in [1.54, 1.807) is 6.07 Å². The first-order valence-corrected chi connectivity index (χ1v) is 7.78. The van der Waals surface area contributed by atoms with Crippen LogP contribution < -0.4 is 4.90 Å². The molecule has 0 unspecified atom stereocenters. The third-order valence-electron chi connectivity index (χ3n) is 4.36. The molecule has 1 aliphatic rings. The van der Waals surface area contributed by atoms with Gasteiger partial charge >= 0.3 is 0 Å². The molecule has 1 fully saturated rings. The number of phenols is 1. The molecule has 1 aliphatic heterocycles. The van der Waals surface area contributed by atoms with Gasteiger partial charge in [0.1, 0.15) is 11.5 Å². The summed E-state index contributed by atoms with van der Waals surface area (Å²) in [7, 11) is 0. The Labute approximate surface area is 135 Å². The van der Waals surface area contributed by atoms with Crippen molar-refractivity contribution in [1.82, 2.24) is 10.1 Å². The SMILES string of the molecule is Cc1noc(C)c1CC(=O)N1CCN(c2ccccc2O)CC1. The van der Waals surface area contributed by atoms with Gasteiger partial charge in [0, 0.05) is 31.7 Å². The monoisotopic (exact) mass is 315 g/mol. The second kappa shape index (κ2) is 6.32. The van der Waals surface area contributed by atoms with Crippen molar-refractivity contribution in [2.24, 2.45) is 0 Å². The van der Waals surface area contributed by atoms with Crippen molar-refractivity contribution >= 4 is 11.6 Å². The summed E-state index contributed by atoms with van der Waals surface area (Å²) in [5.74, 6) is 1.09. The van der Waals surface area contributed by atoms with Gasteiger partial charge in [0.2, 0.25) is 5.91 Å². The van der Waals surface area contributed by atoms with E-state index < -0.39 is 0 Å². The second-order valence-electron chi connectivity index (χ2n) is 5.84. The maximum Gasteiger partial charge on any atom is 0.227 e. The van der Waals surface area contributed by atoms with Crippen LogP contribution in [0.25, 0.3) is 0 Å². The summed E-state index contributed by atoms with van der Waals surface area (Å²) >= 11 is 0. The van der Waals surface area contributed by atoms with Crippen molar-refractivity contribution in [3.05, 3.63) is 41.3 Å². The molecule has 0 atom stereocenters. The third kappa shape index (κ3) is 3.16. The summed E-state index contributed by atoms with van der Waals surface area (Å²) < 4.78 is 5.11. The van der Waals surface area contributed by atoms with Crippen LogP contribution >= 0.6 is 0 Å². The highest BCUT2D eigenvalue weighted by Crippen LogP contribution is 2.27. The molecule has 23 heavy (non-hydrogen) atoms. The average Bonchev–Trinajstić information content (AvgIpc) is 2.87. The zero-order valence-electron chi connectivity index (χ0n) is 13.5. The Balaban J connectivity index is 1.61. The lowest BCUT2D eigenvalue weighted by Crippen LogP contribution is -2.49. The van der Waals surface area contributed by atoms with Crippen molar-refractivity contribution in [2.75, 3.05) is 31.1 Å². The zero-order chi connectivity index (χ0) is 16.4. The van der Waals surface area contributed by atoms with Crippen molar-refractivity contribution < 1.29 is 14.4 Å². The van der Waals surface area contributed by atoms with Gasteiger partial charge in [-0.2, -0.15) is 0 Å². The molecule has 2 heterocycles. The highest BCUT2D eigenvalue weighted by molar-refractivity contribution is 5.79. The number of para-hydroxylation sites is 2. The molecule has 0 aliphatic carbocycles. The van der Waals surface area contributed by atoms with Gasteiger partial charge in [0.05, 0.1) is 17.8 Å². The second-order valence-corrected chi connectivity index (χ2v) is 5.84. The van der Waals surface area contributed by atoms with E-state index in [9.17, 15) is 9.90 Å². The highest BCUT2D eigenvalue weighted by Gasteiger charge is 2.24. The standard InChI is InChI=1S/C17H21N3O3/c1-12-14(13(2)23-18-12)11-17(22)20-9-7-19(8-10-20)15-5-3-4-6-16(15)21/h3-6,21H,7-11H2,1-2H3. The average molecular weight is 315 g/mol. The molecule has 3 rings (SSSR count). The van der Waals surface area contributed by atoms with Gasteiger partial charge < -0.3 is 19.4 Å². The number of hydrogen-bond donors (Lipinski definition) is 1. The lowest BCUT2D eigenvalue weighted by atomic mass is 10.1. The Morgan fingerprint density at radius 1 is 1.22 bits per heavy atom. The predicted octanol–water partition coefficient (Wildman–Crippen LogP) is 1.89. The van der Waals surface area contributed by atoms with E-state index in [4.69, 9.17) is 4.52 Å². The van der Waals surface area contributed by atoms with E-state index in [0.29, 0.717) is 38.4 Å². The fraction of sp³-hybridized carbons (Fsp3) is 0.412. The number of aromatic hydroxyl groups is 1. The Morgan fingerprint density at radius 3 is 2.52 bits per heavy atom. The van der Waals surface area contributed by atoms with Crippen LogP contribution in [0, 0.1) is 13.8 Å². The molecule has 1 aromatic carbocycles. The fourth-order valence-electron chi connectivity index (χ4n) is 2.95. The Bertz CT molecular complexity index is 683. The number of carbonyl (C=O) groups is 1. The van der Waals surface area contributed by atoms with E-state index in [-0.39, 0.29) is 11.7 Å². The van der Waals surface area contributed by atoms with Gasteiger partial charge in [-0.25, -0.2) is 0 Å². The largest absolute Gasteiger partial charge is 0.506 e. The molecule has 122 valence electrons. The van der Waals surface area contributed by atoms with Crippen LogP contribution in [0.3, 0.4) is 0 Å². The molecule has 0 bridgehead atoms. The van der Waals surface area contributed by atoms with Crippen molar-refractivity contribution in [2.45, 2.75) is 20.3 Å². The number of nitrogens with zero attached hydrogens (tertiary/aromatic N) is 3. The summed E-state index contributed by atoms with van der Waals surface area (Å²) in [6.07, 6.45) is 0.331. The number of piperazine rings is 1. The van der Waals surface area contributed by atoms with E-state index >= 15 is 0 Å². The zero-order valence-corrected chi connectivity index (χ0v) is 13.5. The quantitative estimate of drug-likeness (QED) is 0.936. The Kier molecular flexibility index (Phi) is 4.23. The van der Waals surface area contributed by atoms with Gasteiger partial charge in [-0.05, 0) is 26.0 Å². The van der Waals surface area contributed by atoms with Crippen LogP contribution in [0.4, 0.5) is 5.69 Å². The summed E-state index contributed by atoms with van der Waals surface area (Å²) in [5.41, 5.74) is 2.49. The first kappa shape index (κ1) is 15.4. The van der Waals surface area contributed by atoms with Crippen LogP contribution in [-0.2, 0) is 11.2 Å². The maximum atomic E-state index is 12.5. The molecule has 0 radical (unpaired) electrons. The number of aryl methyl sites for hydroxylation is 2. The molecule has 1 N–H and O–H groups in total. The van der Waals surface area contributed by atoms with E-state index in [1.165, 1.54) is 0 Å². The van der Waals surface area contributed by atoms with Gasteiger partial charge in [-0.15, -0.1) is 0 Å². The maximum absolute atomic E-state index is 12.5. The van der Waals surface area contributed by atoms with E-state index in [1.807, 2.05) is 36.9 Å². The van der Waals surface area contributed by atoms with Gasteiger partial charge in [-0.1, -0.05) is 17.3 Å². The summed E-state index contributed by atoms with van der Waals surface area (Å²) in [4.78, 5) is 16.4. The smallest absolute Gasteiger partial charge is 0.227 e. The van der Waals surface area contributed by atoms with Crippen LogP contribution in [-0.4, -0.2) is 47.2 Å². The molecule has 1 saturated heterocycles. The number of amides is 1.